The van der Waals surface area contributed by atoms with Gasteiger partial charge in [0.1, 0.15) is 11.6 Å². The van der Waals surface area contributed by atoms with Gasteiger partial charge in [0.25, 0.3) is 0 Å². The lowest BCUT2D eigenvalue weighted by molar-refractivity contribution is -0.117. The first-order valence-corrected chi connectivity index (χ1v) is 7.14. The molecule has 1 saturated carbocycles. The molecule has 4 nitrogen and oxygen atoms in total. The van der Waals surface area contributed by atoms with E-state index in [1.807, 2.05) is 42.5 Å². The van der Waals surface area contributed by atoms with Gasteiger partial charge in [0.15, 0.2) is 0 Å². The monoisotopic (exact) mass is 282 g/mol. The fourth-order valence-electron chi connectivity index (χ4n) is 2.17. The van der Waals surface area contributed by atoms with Crippen LogP contribution in [0.1, 0.15) is 24.1 Å². The fraction of sp³-hybridized carbons (Fsp3) is 0.294. The number of methoxy groups -OCH3 is 1. The van der Waals surface area contributed by atoms with Gasteiger partial charge in [-0.1, -0.05) is 18.2 Å². The number of hydrogen-bond acceptors (Lipinski definition) is 3. The summed E-state index contributed by atoms with van der Waals surface area (Å²) in [4.78, 5) is 16.2. The van der Waals surface area contributed by atoms with Gasteiger partial charge in [-0.2, -0.15) is 0 Å². The molecule has 0 aliphatic heterocycles. The lowest BCUT2D eigenvalue weighted by Crippen LogP contribution is -2.14. The van der Waals surface area contributed by atoms with E-state index in [1.165, 1.54) is 0 Å². The number of amides is 1. The van der Waals surface area contributed by atoms with Crippen LogP contribution in [-0.2, 0) is 11.2 Å². The van der Waals surface area contributed by atoms with E-state index in [9.17, 15) is 4.79 Å². The molecule has 1 amide bonds. The molecule has 0 atom stereocenters. The van der Waals surface area contributed by atoms with E-state index in [0.717, 1.165) is 36.3 Å². The highest BCUT2D eigenvalue weighted by Crippen LogP contribution is 2.29. The topological polar surface area (TPSA) is 51.2 Å². The molecule has 21 heavy (non-hydrogen) atoms. The Morgan fingerprint density at radius 2 is 2.00 bits per heavy atom. The first-order valence-electron chi connectivity index (χ1n) is 7.14. The highest BCUT2D eigenvalue weighted by atomic mass is 16.5. The van der Waals surface area contributed by atoms with Gasteiger partial charge in [0.05, 0.1) is 7.11 Å². The van der Waals surface area contributed by atoms with Crippen molar-refractivity contribution in [2.75, 3.05) is 12.4 Å². The van der Waals surface area contributed by atoms with Gasteiger partial charge in [-0.15, -0.1) is 0 Å². The minimum atomic E-state index is 0.0871. The zero-order valence-electron chi connectivity index (χ0n) is 12.0. The predicted molar refractivity (Wildman–Crippen MR) is 81.4 cm³/mol. The van der Waals surface area contributed by atoms with Crippen LogP contribution in [-0.4, -0.2) is 18.0 Å². The number of carbonyl (C=O) groups excluding carboxylic acids is 1. The van der Waals surface area contributed by atoms with Crippen molar-refractivity contribution >= 4 is 11.7 Å². The van der Waals surface area contributed by atoms with E-state index >= 15 is 0 Å². The molecule has 0 spiro atoms. The van der Waals surface area contributed by atoms with Crippen molar-refractivity contribution in [2.45, 2.75) is 19.3 Å². The number of pyridine rings is 1. The van der Waals surface area contributed by atoms with Crippen LogP contribution in [0.4, 0.5) is 5.82 Å². The third-order valence-corrected chi connectivity index (χ3v) is 3.55. The number of aromatic nitrogens is 1. The van der Waals surface area contributed by atoms with Crippen LogP contribution < -0.4 is 10.1 Å². The summed E-state index contributed by atoms with van der Waals surface area (Å²) in [6.07, 6.45) is 2.73. The number of carbonyl (C=O) groups is 1. The van der Waals surface area contributed by atoms with Crippen LogP contribution in [0.2, 0.25) is 0 Å². The number of rotatable bonds is 5. The maximum Gasteiger partial charge on any atom is 0.228 e. The number of nitrogens with zero attached hydrogens (tertiary/aromatic N) is 1. The second-order valence-electron chi connectivity index (χ2n) is 5.30. The zero-order chi connectivity index (χ0) is 14.7. The van der Waals surface area contributed by atoms with Crippen molar-refractivity contribution < 1.29 is 9.53 Å². The highest BCUT2D eigenvalue weighted by molar-refractivity contribution is 5.93. The average Bonchev–Trinajstić information content (AvgIpc) is 3.33. The number of ether oxygens (including phenoxy) is 1. The molecular weight excluding hydrogens is 264 g/mol. The van der Waals surface area contributed by atoms with Crippen LogP contribution in [0.3, 0.4) is 0 Å². The Hall–Kier alpha value is -2.36. The normalized spacial score (nSPS) is 13.8. The second-order valence-corrected chi connectivity index (χ2v) is 5.30. The highest BCUT2D eigenvalue weighted by Gasteiger charge is 2.29. The predicted octanol–water partition coefficient (Wildman–Crippen LogP) is 3.03. The summed E-state index contributed by atoms with van der Waals surface area (Å²) in [7, 11) is 1.66. The average molecular weight is 282 g/mol. The summed E-state index contributed by atoms with van der Waals surface area (Å²) in [5.74, 6) is 1.76. The Kier molecular flexibility index (Phi) is 3.86. The van der Waals surface area contributed by atoms with Gasteiger partial charge < -0.3 is 10.1 Å². The van der Waals surface area contributed by atoms with E-state index in [0.29, 0.717) is 5.82 Å². The molecule has 1 aromatic heterocycles. The lowest BCUT2D eigenvalue weighted by Gasteiger charge is -2.07. The minimum Gasteiger partial charge on any atom is -0.497 e. The molecule has 1 aliphatic carbocycles. The SMILES string of the molecule is COc1ccc(Cc2cccc(NC(=O)C3CC3)n2)cc1. The maximum atomic E-state index is 11.7. The molecule has 0 bridgehead atoms. The summed E-state index contributed by atoms with van der Waals surface area (Å²) in [6, 6.07) is 13.7. The van der Waals surface area contributed by atoms with Crippen molar-refractivity contribution in [3.8, 4) is 5.75 Å². The first kappa shape index (κ1) is 13.6. The molecule has 1 fully saturated rings. The van der Waals surface area contributed by atoms with Crippen LogP contribution >= 0.6 is 0 Å². The Labute approximate surface area is 124 Å². The zero-order valence-corrected chi connectivity index (χ0v) is 12.0. The summed E-state index contributed by atoms with van der Waals surface area (Å²) >= 11 is 0. The molecule has 3 rings (SSSR count). The molecule has 1 heterocycles. The molecule has 1 aliphatic rings. The van der Waals surface area contributed by atoms with E-state index in [1.54, 1.807) is 7.11 Å². The van der Waals surface area contributed by atoms with E-state index < -0.39 is 0 Å². The van der Waals surface area contributed by atoms with Gasteiger partial charge in [-0.25, -0.2) is 4.98 Å². The van der Waals surface area contributed by atoms with Gasteiger partial charge in [0.2, 0.25) is 5.91 Å². The lowest BCUT2D eigenvalue weighted by atomic mass is 10.1. The Balaban J connectivity index is 1.68. The Morgan fingerprint density at radius 3 is 2.67 bits per heavy atom. The molecular formula is C17H18N2O2. The van der Waals surface area contributed by atoms with E-state index in [4.69, 9.17) is 4.74 Å². The largest absolute Gasteiger partial charge is 0.497 e. The Morgan fingerprint density at radius 1 is 1.24 bits per heavy atom. The molecule has 2 aromatic rings. The fourth-order valence-corrected chi connectivity index (χ4v) is 2.17. The smallest absolute Gasteiger partial charge is 0.228 e. The third kappa shape index (κ3) is 3.60. The number of nitrogens with one attached hydrogen (secondary N) is 1. The van der Waals surface area contributed by atoms with Crippen LogP contribution in [0.15, 0.2) is 42.5 Å². The van der Waals surface area contributed by atoms with E-state index in [2.05, 4.69) is 10.3 Å². The van der Waals surface area contributed by atoms with Crippen LogP contribution in [0.5, 0.6) is 5.75 Å². The van der Waals surface area contributed by atoms with Crippen molar-refractivity contribution in [2.24, 2.45) is 5.92 Å². The molecule has 0 saturated heterocycles. The van der Waals surface area contributed by atoms with Crippen molar-refractivity contribution in [3.05, 3.63) is 53.7 Å². The van der Waals surface area contributed by atoms with Crippen molar-refractivity contribution in [1.82, 2.24) is 4.98 Å². The van der Waals surface area contributed by atoms with Gasteiger partial charge in [-0.3, -0.25) is 4.79 Å². The van der Waals surface area contributed by atoms with E-state index in [-0.39, 0.29) is 11.8 Å². The summed E-state index contributed by atoms with van der Waals surface area (Å²) in [5, 5.41) is 2.88. The summed E-state index contributed by atoms with van der Waals surface area (Å²) in [5.41, 5.74) is 2.10. The summed E-state index contributed by atoms with van der Waals surface area (Å²) in [6.45, 7) is 0. The first-order chi connectivity index (χ1) is 10.2. The molecule has 108 valence electrons. The van der Waals surface area contributed by atoms with Gasteiger partial charge in [-0.05, 0) is 42.7 Å². The molecule has 4 heteroatoms. The van der Waals surface area contributed by atoms with Gasteiger partial charge >= 0.3 is 0 Å². The quantitative estimate of drug-likeness (QED) is 0.917. The molecule has 1 N–H and O–H groups in total. The van der Waals surface area contributed by atoms with Gasteiger partial charge in [0, 0.05) is 18.0 Å². The number of benzene rings is 1. The molecule has 1 aromatic carbocycles. The standard InChI is InChI=1S/C17H18N2O2/c1-21-15-9-5-12(6-10-15)11-14-3-2-4-16(18-14)19-17(20)13-7-8-13/h2-6,9-10,13H,7-8,11H2,1H3,(H,18,19,20). The second kappa shape index (κ2) is 5.95. The van der Waals surface area contributed by atoms with Crippen LogP contribution in [0, 0.1) is 5.92 Å². The maximum absolute atomic E-state index is 11.7. The molecule has 0 radical (unpaired) electrons. The van der Waals surface area contributed by atoms with Crippen molar-refractivity contribution in [1.29, 1.82) is 0 Å². The minimum absolute atomic E-state index is 0.0871. The summed E-state index contributed by atoms with van der Waals surface area (Å²) < 4.78 is 5.15. The third-order valence-electron chi connectivity index (χ3n) is 3.55. The molecule has 0 unspecified atom stereocenters. The van der Waals surface area contributed by atoms with Crippen molar-refractivity contribution in [3.63, 3.8) is 0 Å². The number of hydrogen-bond donors (Lipinski definition) is 1. The Bertz CT molecular complexity index is 633. The number of anilines is 1. The van der Waals surface area contributed by atoms with Crippen LogP contribution in [0.25, 0.3) is 0 Å².